The first kappa shape index (κ1) is 77.7. The second-order valence-corrected chi connectivity index (χ2v) is 41.2. The van der Waals surface area contributed by atoms with Crippen LogP contribution >= 0.6 is 22.7 Å². The summed E-state index contributed by atoms with van der Waals surface area (Å²) in [6.45, 7) is 4.73. The fraction of sp³-hybridized carbons (Fsp3) is 0.0231. The summed E-state index contributed by atoms with van der Waals surface area (Å²) >= 11 is 3.72. The number of pyridine rings is 1. The number of fused-ring (bicyclic) bond motifs is 42. The van der Waals surface area contributed by atoms with Crippen molar-refractivity contribution in [3.05, 3.63) is 424 Å². The second-order valence-electron chi connectivity index (χ2n) is 39.1. The molecular weight excluding hydrogens is 1780 g/mol. The Balaban J connectivity index is 0.0000000946. The number of hydrogen-bond acceptors (Lipinski definition) is 8. The molecule has 0 atom stereocenters. The number of hydrogen-bond donors (Lipinski definition) is 0. The van der Waals surface area contributed by atoms with Crippen LogP contribution in [0.1, 0.15) is 25.0 Å². The molecule has 13 heteroatoms. The van der Waals surface area contributed by atoms with E-state index in [4.69, 9.17) is 29.3 Å². The average Bonchev–Trinajstić information content (AvgIpc) is 1.52. The maximum Gasteiger partial charge on any atom is 0.165 e. The maximum atomic E-state index is 6.64. The average molecular weight is 1860 g/mol. The summed E-state index contributed by atoms with van der Waals surface area (Å²) in [5.74, 6) is 0. The molecular formula is C130H74N10OS2. The molecule has 0 fully saturated rings. The van der Waals surface area contributed by atoms with Crippen molar-refractivity contribution in [3.63, 3.8) is 0 Å². The van der Waals surface area contributed by atoms with Crippen LogP contribution in [0.3, 0.4) is 0 Å². The molecule has 1 aliphatic carbocycles. The molecule has 0 bridgehead atoms. The van der Waals surface area contributed by atoms with E-state index < -0.39 is 0 Å². The Kier molecular flexibility index (Phi) is 15.5. The van der Waals surface area contributed by atoms with Crippen molar-refractivity contribution in [2.45, 2.75) is 19.3 Å². The van der Waals surface area contributed by atoms with Crippen LogP contribution < -0.4 is 0 Å². The molecule has 14 heterocycles. The smallest absolute Gasteiger partial charge is 0.165 e. The van der Waals surface area contributed by atoms with E-state index in [1.165, 1.54) is 216 Å². The number of aromatic nitrogens is 10. The lowest BCUT2D eigenvalue weighted by molar-refractivity contribution is 0.662. The van der Waals surface area contributed by atoms with E-state index in [0.29, 0.717) is 0 Å². The summed E-state index contributed by atoms with van der Waals surface area (Å²) in [7, 11) is 0. The van der Waals surface area contributed by atoms with Crippen LogP contribution in [-0.2, 0) is 5.41 Å². The zero-order valence-electron chi connectivity index (χ0n) is 77.0. The highest BCUT2D eigenvalue weighted by Gasteiger charge is 2.38. The first-order valence-corrected chi connectivity index (χ1v) is 50.5. The number of furan rings is 1. The third-order valence-corrected chi connectivity index (χ3v) is 33.7. The van der Waals surface area contributed by atoms with Crippen molar-refractivity contribution < 1.29 is 4.42 Å². The molecule has 11 nitrogen and oxygen atoms in total. The highest BCUT2D eigenvalue weighted by Crippen LogP contribution is 2.56. The van der Waals surface area contributed by atoms with E-state index in [0.717, 1.165) is 105 Å². The lowest BCUT2D eigenvalue weighted by atomic mass is 9.79. The largest absolute Gasteiger partial charge is 0.455 e. The highest BCUT2D eigenvalue weighted by atomic mass is 32.1. The van der Waals surface area contributed by atoms with Gasteiger partial charge in [-0.3, -0.25) is 13.2 Å². The van der Waals surface area contributed by atoms with Crippen LogP contribution in [0.4, 0.5) is 0 Å². The van der Waals surface area contributed by atoms with E-state index in [1.54, 1.807) is 0 Å². The van der Waals surface area contributed by atoms with Crippen molar-refractivity contribution in [1.82, 2.24) is 47.3 Å². The third kappa shape index (κ3) is 10.6. The van der Waals surface area contributed by atoms with E-state index in [9.17, 15) is 0 Å². The Hall–Kier alpha value is -18.3. The molecule has 143 heavy (non-hydrogen) atoms. The van der Waals surface area contributed by atoms with Crippen LogP contribution in [0.2, 0.25) is 0 Å². The molecule has 0 spiro atoms. The Morgan fingerprint density at radius 3 is 1.25 bits per heavy atom. The van der Waals surface area contributed by atoms with Crippen molar-refractivity contribution in [2.24, 2.45) is 0 Å². The van der Waals surface area contributed by atoms with E-state index in [-0.39, 0.29) is 5.41 Å². The number of nitrogens with zero attached hydrogens (tertiary/aromatic N) is 10. The summed E-state index contributed by atoms with van der Waals surface area (Å²) in [5, 5.41) is 25.7. The summed E-state index contributed by atoms with van der Waals surface area (Å²) < 4.78 is 23.6. The minimum Gasteiger partial charge on any atom is -0.455 e. The normalized spacial score (nSPS) is 13.0. The van der Waals surface area contributed by atoms with Gasteiger partial charge in [0.2, 0.25) is 0 Å². The van der Waals surface area contributed by atoms with Crippen LogP contribution in [0.5, 0.6) is 0 Å². The van der Waals surface area contributed by atoms with Crippen molar-refractivity contribution in [1.29, 1.82) is 0 Å². The van der Waals surface area contributed by atoms with Gasteiger partial charge in [0, 0.05) is 143 Å². The predicted octanol–water partition coefficient (Wildman–Crippen LogP) is 35.1. The molecule has 0 saturated heterocycles. The molecule has 20 aromatic carbocycles. The van der Waals surface area contributed by atoms with Gasteiger partial charge in [-0.1, -0.05) is 263 Å². The van der Waals surface area contributed by atoms with Gasteiger partial charge >= 0.3 is 0 Å². The van der Waals surface area contributed by atoms with Gasteiger partial charge in [0.1, 0.15) is 27.8 Å². The minimum atomic E-state index is -0.0874. The standard InChI is InChI=1S/2C44H24N4S.C42H26N2O/c1-2-10-27(11-3-1)47-36-16-8-4-12-28(36)29-20-18-26(23-38(29)47)25-19-21-37-31(22-25)32-24-33-30-13-5-9-17-39(30)49-43(33)40-41-44(48(37)42(32)40)46-35-15-7-6-14-34(35)45-41;1-2-10-27(11-3-1)47-36-16-8-4-12-28(36)30-22-25(18-20-37(30)47)26-19-21-38-31(23-26)32-24-33-29-13-5-9-17-39(29)49-43(33)40-41-44(48(38)42(32)40)46-35-15-7-6-14-34(35)45-41;1-42(2)33-15-6-4-11-26(33)28-14-9-13-25(38(28)42)23-18-19-35-29(20-23)30-22-31-27-12-5-8-17-36(27)45-40(31)37-32-21-24-10-3-7-16-34(24)43-41(32)44(35)39(30)37/h2*1-24H;3-22H,1-2H3. The number of para-hydroxylation sites is 10. The summed E-state index contributed by atoms with van der Waals surface area (Å²) in [4.78, 5) is 26.3. The SMILES string of the molecule is CC1(C)c2ccccc2-c2cccc(-c3ccc4c(c3)c3cc5c6ccccc6oc5c5c6cc7ccccc7nc6n4c35)c21.c1ccc(-n2c3ccccc3c3cc(-c4ccc5c(c4)c4cc6c7ccccc7sc6c6c7nc8ccccc8nc7n5c46)ccc32)cc1.c1ccc(-n2c3ccccc3c3ccc(-c4ccc5c(c4)c4cc6c7ccccc7sc6c6c7nc8ccccc8nc7n5c46)cc32)cc1. The zero-order chi connectivity index (χ0) is 93.2. The molecule has 0 saturated carbocycles. The topological polar surface area (TPSA) is 101 Å². The van der Waals surface area contributed by atoms with Gasteiger partial charge in [-0.25, -0.2) is 24.9 Å². The lowest BCUT2D eigenvalue weighted by Crippen LogP contribution is -2.16. The van der Waals surface area contributed by atoms with Crippen LogP contribution in [0.15, 0.2) is 417 Å². The van der Waals surface area contributed by atoms with Gasteiger partial charge in [0.05, 0.1) is 88.1 Å². The van der Waals surface area contributed by atoms with Crippen LogP contribution in [-0.4, -0.2) is 47.3 Å². The molecule has 35 rings (SSSR count). The minimum absolute atomic E-state index is 0.0874. The van der Waals surface area contributed by atoms with Crippen LogP contribution in [0.25, 0.3) is 310 Å². The van der Waals surface area contributed by atoms with E-state index in [2.05, 4.69) is 418 Å². The number of rotatable bonds is 5. The van der Waals surface area contributed by atoms with E-state index >= 15 is 0 Å². The van der Waals surface area contributed by atoms with Gasteiger partial charge in [-0.05, 0) is 219 Å². The van der Waals surface area contributed by atoms with Crippen LogP contribution in [0, 0.1) is 0 Å². The third-order valence-electron chi connectivity index (χ3n) is 31.3. The maximum absolute atomic E-state index is 6.64. The highest BCUT2D eigenvalue weighted by molar-refractivity contribution is 7.27. The molecule has 14 aromatic heterocycles. The fourth-order valence-corrected chi connectivity index (χ4v) is 27.6. The van der Waals surface area contributed by atoms with Crippen molar-refractivity contribution in [2.75, 3.05) is 0 Å². The van der Waals surface area contributed by atoms with Gasteiger partial charge in [-0.15, -0.1) is 22.7 Å². The molecule has 0 aliphatic heterocycles. The predicted molar refractivity (Wildman–Crippen MR) is 600 cm³/mol. The monoisotopic (exact) mass is 1850 g/mol. The van der Waals surface area contributed by atoms with Crippen molar-refractivity contribution >= 4 is 276 Å². The van der Waals surface area contributed by atoms with Gasteiger partial charge in [0.15, 0.2) is 11.3 Å². The summed E-state index contributed by atoms with van der Waals surface area (Å²) in [6, 6.07) is 149. The van der Waals surface area contributed by atoms with Gasteiger partial charge in [-0.2, -0.15) is 0 Å². The molecule has 0 unspecified atom stereocenters. The molecule has 0 radical (unpaired) electrons. The molecule has 34 aromatic rings. The first-order chi connectivity index (χ1) is 70.7. The second kappa shape index (κ2) is 28.5. The molecule has 0 N–H and O–H groups in total. The summed E-state index contributed by atoms with van der Waals surface area (Å²) in [5.41, 5.74) is 38.3. The number of benzene rings is 20. The van der Waals surface area contributed by atoms with Gasteiger partial charge < -0.3 is 13.6 Å². The zero-order valence-corrected chi connectivity index (χ0v) is 78.6. The Bertz CT molecular complexity index is 11600. The first-order valence-electron chi connectivity index (χ1n) is 48.8. The van der Waals surface area contributed by atoms with Gasteiger partial charge in [0.25, 0.3) is 0 Å². The summed E-state index contributed by atoms with van der Waals surface area (Å²) in [6.07, 6.45) is 0. The molecule has 1 aliphatic rings. The number of thiophene rings is 2. The quantitative estimate of drug-likeness (QED) is 0.170. The Morgan fingerprint density at radius 2 is 0.650 bits per heavy atom. The molecule has 662 valence electrons. The van der Waals surface area contributed by atoms with Crippen molar-refractivity contribution in [3.8, 4) is 55.9 Å². The molecule has 0 amide bonds. The Morgan fingerprint density at radius 1 is 0.245 bits per heavy atom. The Labute approximate surface area is 820 Å². The lowest BCUT2D eigenvalue weighted by Gasteiger charge is -2.24. The fourth-order valence-electron chi connectivity index (χ4n) is 25.1. The van der Waals surface area contributed by atoms with E-state index in [1.807, 2.05) is 53.0 Å².